The predicted octanol–water partition coefficient (Wildman–Crippen LogP) is 2.14. The molecule has 1 aromatic rings. The van der Waals surface area contributed by atoms with Crippen LogP contribution in [0.4, 0.5) is 0 Å². The van der Waals surface area contributed by atoms with Crippen LogP contribution in [0.2, 0.25) is 0 Å². The Morgan fingerprint density at radius 1 is 1.53 bits per heavy atom. The van der Waals surface area contributed by atoms with Crippen LogP contribution in [0.25, 0.3) is 0 Å². The van der Waals surface area contributed by atoms with E-state index in [-0.39, 0.29) is 11.3 Å². The second-order valence-corrected chi connectivity index (χ2v) is 5.61. The molecule has 0 radical (unpaired) electrons. The van der Waals surface area contributed by atoms with E-state index in [1.165, 1.54) is 0 Å². The molecule has 96 valence electrons. The van der Waals surface area contributed by atoms with Crippen molar-refractivity contribution < 1.29 is 4.79 Å². The van der Waals surface area contributed by atoms with Gasteiger partial charge in [-0.05, 0) is 11.3 Å². The second-order valence-electron chi connectivity index (χ2n) is 5.61. The number of carbonyl (C=O) groups excluding carboxylic acids is 1. The smallest absolute Gasteiger partial charge is 0.220 e. The van der Waals surface area contributed by atoms with Crippen LogP contribution in [0.5, 0.6) is 0 Å². The van der Waals surface area contributed by atoms with Gasteiger partial charge in [-0.3, -0.25) is 4.79 Å². The lowest BCUT2D eigenvalue weighted by Gasteiger charge is -2.26. The molecule has 0 aliphatic carbocycles. The summed E-state index contributed by atoms with van der Waals surface area (Å²) in [5.74, 6) is 1.42. The number of nitrogens with one attached hydrogen (secondary N) is 2. The van der Waals surface area contributed by atoms with Gasteiger partial charge in [-0.15, -0.1) is 0 Å². The lowest BCUT2D eigenvalue weighted by atomic mass is 9.80. The minimum Gasteiger partial charge on any atom is -0.356 e. The molecule has 0 aliphatic rings. The van der Waals surface area contributed by atoms with Crippen molar-refractivity contribution in [2.24, 2.45) is 11.3 Å². The molecular formula is C13H23N3O. The highest BCUT2D eigenvalue weighted by atomic mass is 16.1. The molecule has 0 aromatic carbocycles. The Hall–Kier alpha value is -1.32. The van der Waals surface area contributed by atoms with E-state index in [0.717, 1.165) is 12.2 Å². The molecule has 17 heavy (non-hydrogen) atoms. The molecule has 0 saturated carbocycles. The third-order valence-corrected chi connectivity index (χ3v) is 3.21. The first-order valence-corrected chi connectivity index (χ1v) is 6.14. The van der Waals surface area contributed by atoms with Crippen LogP contribution in [-0.4, -0.2) is 22.4 Å². The standard InChI is InChI=1S/C13H23N3O/c1-10(13(2,3)4)9-12(17)16-6-5-11-14-7-8-15-11/h7-8,10H,5-6,9H2,1-4H3,(H,14,15)(H,16,17). The number of aromatic nitrogens is 2. The Balaban J connectivity index is 2.22. The Morgan fingerprint density at radius 3 is 2.76 bits per heavy atom. The van der Waals surface area contributed by atoms with Gasteiger partial charge in [0, 0.05) is 31.8 Å². The Bertz CT molecular complexity index is 338. The van der Waals surface area contributed by atoms with Gasteiger partial charge in [-0.2, -0.15) is 0 Å². The molecule has 1 rings (SSSR count). The molecule has 4 heteroatoms. The van der Waals surface area contributed by atoms with Crippen LogP contribution in [0.15, 0.2) is 12.4 Å². The maximum Gasteiger partial charge on any atom is 0.220 e. The summed E-state index contributed by atoms with van der Waals surface area (Å²) in [6, 6.07) is 0. The van der Waals surface area contributed by atoms with Crippen LogP contribution in [-0.2, 0) is 11.2 Å². The van der Waals surface area contributed by atoms with Crippen molar-refractivity contribution in [1.29, 1.82) is 0 Å². The van der Waals surface area contributed by atoms with Crippen molar-refractivity contribution >= 4 is 5.91 Å². The molecule has 0 fully saturated rings. The van der Waals surface area contributed by atoms with Crippen LogP contribution in [0, 0.1) is 11.3 Å². The van der Waals surface area contributed by atoms with Gasteiger partial charge < -0.3 is 10.3 Å². The monoisotopic (exact) mass is 237 g/mol. The van der Waals surface area contributed by atoms with Gasteiger partial charge in [-0.25, -0.2) is 4.98 Å². The number of imidazole rings is 1. The van der Waals surface area contributed by atoms with Gasteiger partial charge >= 0.3 is 0 Å². The van der Waals surface area contributed by atoms with E-state index in [4.69, 9.17) is 0 Å². The zero-order valence-electron chi connectivity index (χ0n) is 11.2. The first-order valence-electron chi connectivity index (χ1n) is 6.14. The quantitative estimate of drug-likeness (QED) is 0.824. The number of H-pyrrole nitrogens is 1. The fourth-order valence-corrected chi connectivity index (χ4v) is 1.41. The first-order chi connectivity index (χ1) is 7.89. The number of carbonyl (C=O) groups is 1. The van der Waals surface area contributed by atoms with E-state index in [2.05, 4.69) is 43.0 Å². The SMILES string of the molecule is CC(CC(=O)NCCc1ncc[nH]1)C(C)(C)C. The molecule has 0 saturated heterocycles. The van der Waals surface area contributed by atoms with E-state index < -0.39 is 0 Å². The maximum atomic E-state index is 11.7. The Morgan fingerprint density at radius 2 is 2.24 bits per heavy atom. The van der Waals surface area contributed by atoms with Crippen molar-refractivity contribution in [1.82, 2.24) is 15.3 Å². The molecule has 2 N–H and O–H groups in total. The van der Waals surface area contributed by atoms with Crippen LogP contribution in [0.1, 0.15) is 39.9 Å². The van der Waals surface area contributed by atoms with E-state index >= 15 is 0 Å². The predicted molar refractivity (Wildman–Crippen MR) is 68.5 cm³/mol. The number of amides is 1. The summed E-state index contributed by atoms with van der Waals surface area (Å²) >= 11 is 0. The fourth-order valence-electron chi connectivity index (χ4n) is 1.41. The van der Waals surface area contributed by atoms with E-state index in [1.807, 2.05) is 0 Å². The normalized spacial score (nSPS) is 13.4. The molecule has 1 atom stereocenters. The lowest BCUT2D eigenvalue weighted by Crippen LogP contribution is -2.30. The van der Waals surface area contributed by atoms with Crippen molar-refractivity contribution in [3.63, 3.8) is 0 Å². The summed E-state index contributed by atoms with van der Waals surface area (Å²) in [6.07, 6.45) is 4.85. The molecule has 0 aliphatic heterocycles. The average molecular weight is 237 g/mol. The molecule has 1 unspecified atom stereocenters. The molecule has 1 heterocycles. The zero-order chi connectivity index (χ0) is 12.9. The van der Waals surface area contributed by atoms with Gasteiger partial charge in [-0.1, -0.05) is 27.7 Å². The lowest BCUT2D eigenvalue weighted by molar-refractivity contribution is -0.122. The molecule has 0 spiro atoms. The summed E-state index contributed by atoms with van der Waals surface area (Å²) in [6.45, 7) is 9.24. The molecule has 4 nitrogen and oxygen atoms in total. The Labute approximate surface area is 103 Å². The number of rotatable bonds is 5. The number of nitrogens with zero attached hydrogens (tertiary/aromatic N) is 1. The van der Waals surface area contributed by atoms with Crippen LogP contribution < -0.4 is 5.32 Å². The van der Waals surface area contributed by atoms with Gasteiger partial charge in [0.15, 0.2) is 0 Å². The highest BCUT2D eigenvalue weighted by molar-refractivity contribution is 5.76. The zero-order valence-corrected chi connectivity index (χ0v) is 11.2. The van der Waals surface area contributed by atoms with E-state index in [9.17, 15) is 4.79 Å². The molecule has 1 amide bonds. The second kappa shape index (κ2) is 5.84. The van der Waals surface area contributed by atoms with Gasteiger partial charge in [0.1, 0.15) is 5.82 Å². The van der Waals surface area contributed by atoms with E-state index in [0.29, 0.717) is 18.9 Å². The van der Waals surface area contributed by atoms with Gasteiger partial charge in [0.25, 0.3) is 0 Å². The van der Waals surface area contributed by atoms with E-state index in [1.54, 1.807) is 12.4 Å². The van der Waals surface area contributed by atoms with Crippen LogP contribution >= 0.6 is 0 Å². The summed E-state index contributed by atoms with van der Waals surface area (Å²) in [7, 11) is 0. The van der Waals surface area contributed by atoms with Gasteiger partial charge in [0.05, 0.1) is 0 Å². The van der Waals surface area contributed by atoms with Crippen LogP contribution in [0.3, 0.4) is 0 Å². The molecule has 0 bridgehead atoms. The highest BCUT2D eigenvalue weighted by Crippen LogP contribution is 2.27. The van der Waals surface area contributed by atoms with Crippen molar-refractivity contribution in [2.45, 2.75) is 40.5 Å². The third-order valence-electron chi connectivity index (χ3n) is 3.21. The van der Waals surface area contributed by atoms with Gasteiger partial charge in [0.2, 0.25) is 5.91 Å². The number of aromatic amines is 1. The minimum atomic E-state index is 0.124. The Kier molecular flexibility index (Phi) is 4.73. The average Bonchev–Trinajstić information content (AvgIpc) is 2.69. The number of hydrogen-bond donors (Lipinski definition) is 2. The fraction of sp³-hybridized carbons (Fsp3) is 0.692. The topological polar surface area (TPSA) is 57.8 Å². The number of hydrogen-bond acceptors (Lipinski definition) is 2. The van der Waals surface area contributed by atoms with Crippen molar-refractivity contribution in [2.75, 3.05) is 6.54 Å². The van der Waals surface area contributed by atoms with Crippen molar-refractivity contribution in [3.05, 3.63) is 18.2 Å². The minimum absolute atomic E-state index is 0.124. The summed E-state index contributed by atoms with van der Waals surface area (Å²) in [5, 5.41) is 2.92. The molecular weight excluding hydrogens is 214 g/mol. The first kappa shape index (κ1) is 13.7. The summed E-state index contributed by atoms with van der Waals surface area (Å²) in [4.78, 5) is 18.8. The highest BCUT2D eigenvalue weighted by Gasteiger charge is 2.22. The third kappa shape index (κ3) is 5.02. The summed E-state index contributed by atoms with van der Waals surface area (Å²) < 4.78 is 0. The maximum absolute atomic E-state index is 11.7. The summed E-state index contributed by atoms with van der Waals surface area (Å²) in [5.41, 5.74) is 0.179. The molecule has 1 aromatic heterocycles. The van der Waals surface area contributed by atoms with Crippen molar-refractivity contribution in [3.8, 4) is 0 Å². The largest absolute Gasteiger partial charge is 0.356 e.